The summed E-state index contributed by atoms with van der Waals surface area (Å²) in [7, 11) is 2.53. The quantitative estimate of drug-likeness (QED) is 0.469. The highest BCUT2D eigenvalue weighted by Crippen LogP contribution is 2.40. The van der Waals surface area contributed by atoms with E-state index >= 15 is 0 Å². The topological polar surface area (TPSA) is 82.1 Å². The molecule has 0 bridgehead atoms. The Bertz CT molecular complexity index is 790. The summed E-state index contributed by atoms with van der Waals surface area (Å²) in [5.74, 6) is -0.702. The second-order valence-corrected chi connectivity index (χ2v) is 9.30. The van der Waals surface area contributed by atoms with Gasteiger partial charge in [-0.1, -0.05) is 27.2 Å². The van der Waals surface area contributed by atoms with Gasteiger partial charge < -0.3 is 19.1 Å². The van der Waals surface area contributed by atoms with Gasteiger partial charge in [0.05, 0.1) is 30.9 Å². The number of nitrogens with zero attached hydrogens (tertiary/aromatic N) is 1. The Morgan fingerprint density at radius 3 is 2.13 bits per heavy atom. The molecule has 1 heterocycles. The van der Waals surface area contributed by atoms with Gasteiger partial charge in [-0.2, -0.15) is 0 Å². The molecule has 0 radical (unpaired) electrons. The molecule has 0 aromatic rings. The smallest absolute Gasteiger partial charge is 0.340 e. The second kappa shape index (κ2) is 9.88. The van der Waals surface area contributed by atoms with E-state index in [1.54, 1.807) is 0 Å². The Hall–Kier alpha value is -2.31. The van der Waals surface area contributed by atoms with E-state index < -0.39 is 17.9 Å². The van der Waals surface area contributed by atoms with E-state index in [0.717, 1.165) is 45.2 Å². The average molecular weight is 434 g/mol. The van der Waals surface area contributed by atoms with E-state index in [4.69, 9.17) is 14.2 Å². The van der Waals surface area contributed by atoms with Crippen molar-refractivity contribution in [2.24, 2.45) is 17.8 Å². The maximum atomic E-state index is 13.4. The highest BCUT2D eigenvalue weighted by atomic mass is 16.5. The molecule has 0 unspecified atom stereocenters. The summed E-state index contributed by atoms with van der Waals surface area (Å²) in [6, 6.07) is 0. The molecule has 0 amide bonds. The van der Waals surface area contributed by atoms with Gasteiger partial charge in [0.1, 0.15) is 6.10 Å². The van der Waals surface area contributed by atoms with Gasteiger partial charge >= 0.3 is 17.9 Å². The Balaban J connectivity index is 1.94. The number of ether oxygens (including phenoxy) is 3. The standard InChI is InChI=1S/C24H35NO6/c1-14(2)16-9-8-15(3)12-19(16)31-22(26)17-13-18(25-10-6-7-11-25)21(24(28)30-5)20(17)23(27)29-4/h14-16,19H,6-13H2,1-5H3/t15-,16+,19-/m1/s1. The molecule has 3 aliphatic rings. The minimum Gasteiger partial charge on any atom is -0.465 e. The Morgan fingerprint density at radius 1 is 0.935 bits per heavy atom. The van der Waals surface area contributed by atoms with E-state index in [1.807, 2.05) is 0 Å². The van der Waals surface area contributed by atoms with Crippen LogP contribution in [0.1, 0.15) is 59.3 Å². The third-order valence-corrected chi connectivity index (χ3v) is 6.92. The SMILES string of the molecule is COC(=O)C1=C(C(=O)O[C@@H]2C[C@H](C)CC[C@H]2C(C)C)CC(N2CCCC2)=C1C(=O)OC. The molecule has 31 heavy (non-hydrogen) atoms. The van der Waals surface area contributed by atoms with E-state index in [9.17, 15) is 14.4 Å². The lowest BCUT2D eigenvalue weighted by molar-refractivity contribution is -0.151. The van der Waals surface area contributed by atoms with E-state index in [1.165, 1.54) is 14.2 Å². The van der Waals surface area contributed by atoms with Crippen LogP contribution in [0, 0.1) is 17.8 Å². The van der Waals surface area contributed by atoms with Gasteiger partial charge in [-0.3, -0.25) is 0 Å². The van der Waals surface area contributed by atoms with Crippen molar-refractivity contribution in [1.82, 2.24) is 4.90 Å². The van der Waals surface area contributed by atoms with Gasteiger partial charge in [0.25, 0.3) is 0 Å². The molecule has 3 rings (SSSR count). The number of methoxy groups -OCH3 is 2. The maximum absolute atomic E-state index is 13.4. The van der Waals surface area contributed by atoms with Crippen molar-refractivity contribution in [3.63, 3.8) is 0 Å². The lowest BCUT2D eigenvalue weighted by atomic mass is 9.75. The van der Waals surface area contributed by atoms with Crippen LogP contribution in [0.15, 0.2) is 22.4 Å². The molecule has 7 heteroatoms. The van der Waals surface area contributed by atoms with Crippen molar-refractivity contribution < 1.29 is 28.6 Å². The van der Waals surface area contributed by atoms with E-state index in [-0.39, 0.29) is 35.2 Å². The molecule has 0 aromatic carbocycles. The molecule has 2 fully saturated rings. The van der Waals surface area contributed by atoms with Crippen LogP contribution < -0.4 is 0 Å². The first-order chi connectivity index (χ1) is 14.8. The van der Waals surface area contributed by atoms with Gasteiger partial charge in [-0.05, 0) is 43.4 Å². The molecular formula is C24H35NO6. The summed E-state index contributed by atoms with van der Waals surface area (Å²) < 4.78 is 15.9. The first-order valence-electron chi connectivity index (χ1n) is 11.4. The zero-order valence-electron chi connectivity index (χ0n) is 19.4. The number of hydrogen-bond acceptors (Lipinski definition) is 7. The van der Waals surface area contributed by atoms with Crippen LogP contribution in [0.3, 0.4) is 0 Å². The highest BCUT2D eigenvalue weighted by molar-refractivity contribution is 6.14. The van der Waals surface area contributed by atoms with Crippen LogP contribution >= 0.6 is 0 Å². The van der Waals surface area contributed by atoms with Gasteiger partial charge in [-0.25, -0.2) is 14.4 Å². The van der Waals surface area contributed by atoms with E-state index in [0.29, 0.717) is 17.5 Å². The number of likely N-dealkylation sites (tertiary alicyclic amines) is 1. The first-order valence-corrected chi connectivity index (χ1v) is 11.4. The summed E-state index contributed by atoms with van der Waals surface area (Å²) in [6.45, 7) is 8.04. The monoisotopic (exact) mass is 433 g/mol. The molecule has 1 aliphatic heterocycles. The normalized spacial score (nSPS) is 26.5. The fourth-order valence-corrected chi connectivity index (χ4v) is 5.18. The molecule has 1 saturated heterocycles. The largest absolute Gasteiger partial charge is 0.465 e. The number of esters is 3. The summed E-state index contributed by atoms with van der Waals surface area (Å²) in [6.07, 6.45) is 4.95. The summed E-state index contributed by atoms with van der Waals surface area (Å²) in [4.78, 5) is 40.8. The lowest BCUT2D eigenvalue weighted by Gasteiger charge is -2.36. The number of hydrogen-bond donors (Lipinski definition) is 0. The number of rotatable bonds is 6. The number of carbonyl (C=O) groups excluding carboxylic acids is 3. The third-order valence-electron chi connectivity index (χ3n) is 6.92. The van der Waals surface area contributed by atoms with Crippen LogP contribution in [0.25, 0.3) is 0 Å². The second-order valence-electron chi connectivity index (χ2n) is 9.30. The van der Waals surface area contributed by atoms with Crippen molar-refractivity contribution in [2.45, 2.75) is 65.4 Å². The molecule has 0 spiro atoms. The summed E-state index contributed by atoms with van der Waals surface area (Å²) in [5, 5.41) is 0. The van der Waals surface area contributed by atoms with Crippen LogP contribution in [0.4, 0.5) is 0 Å². The number of allylic oxidation sites excluding steroid dienone is 1. The van der Waals surface area contributed by atoms with Crippen LogP contribution in [-0.2, 0) is 28.6 Å². The summed E-state index contributed by atoms with van der Waals surface area (Å²) >= 11 is 0. The van der Waals surface area contributed by atoms with Crippen molar-refractivity contribution in [3.8, 4) is 0 Å². The van der Waals surface area contributed by atoms with Gasteiger partial charge in [0, 0.05) is 25.2 Å². The molecule has 1 saturated carbocycles. The van der Waals surface area contributed by atoms with Crippen molar-refractivity contribution >= 4 is 17.9 Å². The molecule has 3 atom stereocenters. The summed E-state index contributed by atoms with van der Waals surface area (Å²) in [5.41, 5.74) is 0.996. The zero-order chi connectivity index (χ0) is 22.7. The van der Waals surface area contributed by atoms with Crippen molar-refractivity contribution in [2.75, 3.05) is 27.3 Å². The Labute approximate surface area is 184 Å². The Kier molecular flexibility index (Phi) is 7.44. The van der Waals surface area contributed by atoms with Gasteiger partial charge in [0.15, 0.2) is 0 Å². The fraction of sp³-hybridized carbons (Fsp3) is 0.708. The van der Waals surface area contributed by atoms with E-state index in [2.05, 4.69) is 25.7 Å². The number of carbonyl (C=O) groups is 3. The molecule has 0 N–H and O–H groups in total. The molecule has 0 aromatic heterocycles. The minimum atomic E-state index is -0.709. The average Bonchev–Trinajstić information content (AvgIpc) is 3.40. The molecular weight excluding hydrogens is 398 g/mol. The zero-order valence-corrected chi connectivity index (χ0v) is 19.4. The van der Waals surface area contributed by atoms with Crippen molar-refractivity contribution in [3.05, 3.63) is 22.4 Å². The van der Waals surface area contributed by atoms with Crippen LogP contribution in [0.2, 0.25) is 0 Å². The van der Waals surface area contributed by atoms with Crippen LogP contribution in [0.5, 0.6) is 0 Å². The van der Waals surface area contributed by atoms with Gasteiger partial charge in [-0.15, -0.1) is 0 Å². The van der Waals surface area contributed by atoms with Crippen molar-refractivity contribution in [1.29, 1.82) is 0 Å². The highest BCUT2D eigenvalue weighted by Gasteiger charge is 2.42. The third kappa shape index (κ3) is 4.80. The predicted octanol–water partition coefficient (Wildman–Crippen LogP) is 3.39. The fourth-order valence-electron chi connectivity index (χ4n) is 5.18. The van der Waals surface area contributed by atoms with Gasteiger partial charge in [0.2, 0.25) is 0 Å². The first kappa shape index (κ1) is 23.4. The minimum absolute atomic E-state index is 0.00814. The predicted molar refractivity (Wildman–Crippen MR) is 115 cm³/mol. The van der Waals surface area contributed by atoms with Crippen LogP contribution in [-0.4, -0.2) is 56.2 Å². The molecule has 7 nitrogen and oxygen atoms in total. The maximum Gasteiger partial charge on any atom is 0.340 e. The molecule has 172 valence electrons. The molecule has 2 aliphatic carbocycles. The Morgan fingerprint density at radius 2 is 1.55 bits per heavy atom. The lowest BCUT2D eigenvalue weighted by Crippen LogP contribution is -2.36.